The molecule has 2 aromatic rings. The van der Waals surface area contributed by atoms with Gasteiger partial charge in [-0.3, -0.25) is 4.79 Å². The van der Waals surface area contributed by atoms with Gasteiger partial charge in [-0.25, -0.2) is 0 Å². The first kappa shape index (κ1) is 16.6. The summed E-state index contributed by atoms with van der Waals surface area (Å²) < 4.78 is 10.9. The summed E-state index contributed by atoms with van der Waals surface area (Å²) in [4.78, 5) is 12.1. The van der Waals surface area contributed by atoms with Gasteiger partial charge in [-0.15, -0.1) is 0 Å². The highest BCUT2D eigenvalue weighted by Crippen LogP contribution is 2.25. The van der Waals surface area contributed by atoms with Gasteiger partial charge in [0.2, 0.25) is 5.91 Å². The predicted molar refractivity (Wildman–Crippen MR) is 92.9 cm³/mol. The standard InChI is InChI=1S/C19H21NO3/c1-14(2)23-18-11-7-5-9-16(18)20-19(21)13-12-15-8-4-6-10-17(15)22-3/h4-14H,1-3H3,(H,20,21)/b13-12+. The highest BCUT2D eigenvalue weighted by atomic mass is 16.5. The van der Waals surface area contributed by atoms with Gasteiger partial charge in [0.25, 0.3) is 0 Å². The van der Waals surface area contributed by atoms with Crippen LogP contribution in [0.2, 0.25) is 0 Å². The fourth-order valence-electron chi connectivity index (χ4n) is 2.07. The molecule has 2 aromatic carbocycles. The summed E-state index contributed by atoms with van der Waals surface area (Å²) in [5.41, 5.74) is 1.49. The summed E-state index contributed by atoms with van der Waals surface area (Å²) in [7, 11) is 1.60. The minimum atomic E-state index is -0.226. The van der Waals surface area contributed by atoms with Gasteiger partial charge in [-0.2, -0.15) is 0 Å². The first-order valence-corrected chi connectivity index (χ1v) is 7.48. The Kier molecular flexibility index (Phi) is 5.80. The maximum absolute atomic E-state index is 12.1. The minimum Gasteiger partial charge on any atom is -0.496 e. The number of rotatable bonds is 6. The van der Waals surface area contributed by atoms with Crippen LogP contribution in [0.5, 0.6) is 11.5 Å². The second kappa shape index (κ2) is 8.03. The largest absolute Gasteiger partial charge is 0.496 e. The van der Waals surface area contributed by atoms with Crippen molar-refractivity contribution in [3.05, 3.63) is 60.2 Å². The Bertz CT molecular complexity index is 693. The molecule has 120 valence electrons. The van der Waals surface area contributed by atoms with Gasteiger partial charge < -0.3 is 14.8 Å². The van der Waals surface area contributed by atoms with E-state index >= 15 is 0 Å². The van der Waals surface area contributed by atoms with E-state index in [2.05, 4.69) is 5.32 Å². The minimum absolute atomic E-state index is 0.0391. The Labute approximate surface area is 136 Å². The molecule has 0 aromatic heterocycles. The Morgan fingerprint density at radius 1 is 1.04 bits per heavy atom. The normalized spacial score (nSPS) is 10.8. The first-order chi connectivity index (χ1) is 11.1. The third-order valence-corrected chi connectivity index (χ3v) is 3.06. The molecule has 0 heterocycles. The van der Waals surface area contributed by atoms with E-state index in [1.807, 2.05) is 62.4 Å². The molecule has 0 aliphatic carbocycles. The number of hydrogen-bond donors (Lipinski definition) is 1. The van der Waals surface area contributed by atoms with Crippen molar-refractivity contribution < 1.29 is 14.3 Å². The smallest absolute Gasteiger partial charge is 0.248 e. The zero-order valence-electron chi connectivity index (χ0n) is 13.6. The van der Waals surface area contributed by atoms with E-state index in [9.17, 15) is 4.79 Å². The Morgan fingerprint density at radius 2 is 1.70 bits per heavy atom. The van der Waals surface area contributed by atoms with Crippen molar-refractivity contribution in [2.24, 2.45) is 0 Å². The molecule has 0 spiro atoms. The van der Waals surface area contributed by atoms with Crippen LogP contribution in [0.25, 0.3) is 6.08 Å². The molecular formula is C19H21NO3. The van der Waals surface area contributed by atoms with Crippen LogP contribution in [0, 0.1) is 0 Å². The molecule has 0 unspecified atom stereocenters. The molecule has 2 rings (SSSR count). The topological polar surface area (TPSA) is 47.6 Å². The maximum Gasteiger partial charge on any atom is 0.248 e. The van der Waals surface area contributed by atoms with Gasteiger partial charge in [0.05, 0.1) is 18.9 Å². The van der Waals surface area contributed by atoms with Crippen LogP contribution in [0.1, 0.15) is 19.4 Å². The number of carbonyl (C=O) groups excluding carboxylic acids is 1. The molecule has 0 saturated heterocycles. The molecule has 0 atom stereocenters. The van der Waals surface area contributed by atoms with Gasteiger partial charge >= 0.3 is 0 Å². The fourth-order valence-corrected chi connectivity index (χ4v) is 2.07. The van der Waals surface area contributed by atoms with Crippen molar-refractivity contribution in [2.75, 3.05) is 12.4 Å². The summed E-state index contributed by atoms with van der Waals surface area (Å²) in [6, 6.07) is 14.9. The van der Waals surface area contributed by atoms with Gasteiger partial charge in [-0.1, -0.05) is 30.3 Å². The lowest BCUT2D eigenvalue weighted by atomic mass is 10.2. The van der Waals surface area contributed by atoms with E-state index in [4.69, 9.17) is 9.47 Å². The van der Waals surface area contributed by atoms with E-state index in [0.29, 0.717) is 11.4 Å². The molecule has 0 radical (unpaired) electrons. The zero-order valence-corrected chi connectivity index (χ0v) is 13.6. The monoisotopic (exact) mass is 311 g/mol. The molecule has 0 fully saturated rings. The van der Waals surface area contributed by atoms with Gasteiger partial charge in [-0.05, 0) is 38.1 Å². The van der Waals surface area contributed by atoms with Gasteiger partial charge in [0.15, 0.2) is 0 Å². The summed E-state index contributed by atoms with van der Waals surface area (Å²) in [6.07, 6.45) is 3.24. The quantitative estimate of drug-likeness (QED) is 0.816. The van der Waals surface area contributed by atoms with Crippen LogP contribution >= 0.6 is 0 Å². The van der Waals surface area contributed by atoms with E-state index < -0.39 is 0 Å². The SMILES string of the molecule is COc1ccccc1/C=C/C(=O)Nc1ccccc1OC(C)C. The lowest BCUT2D eigenvalue weighted by Crippen LogP contribution is -2.12. The lowest BCUT2D eigenvalue weighted by molar-refractivity contribution is -0.111. The molecule has 0 aliphatic rings. The van der Waals surface area contributed by atoms with Crippen molar-refractivity contribution in [1.82, 2.24) is 0 Å². The number of anilines is 1. The number of methoxy groups -OCH3 is 1. The number of para-hydroxylation sites is 3. The van der Waals surface area contributed by atoms with Crippen LogP contribution in [0.3, 0.4) is 0 Å². The highest BCUT2D eigenvalue weighted by molar-refractivity contribution is 6.02. The summed E-state index contributed by atoms with van der Waals surface area (Å²) in [5.74, 6) is 1.15. The average molecular weight is 311 g/mol. The summed E-state index contributed by atoms with van der Waals surface area (Å²) >= 11 is 0. The van der Waals surface area contributed by atoms with E-state index in [1.54, 1.807) is 13.2 Å². The maximum atomic E-state index is 12.1. The number of amides is 1. The van der Waals surface area contributed by atoms with Gasteiger partial charge in [0.1, 0.15) is 11.5 Å². The van der Waals surface area contributed by atoms with Crippen molar-refractivity contribution in [1.29, 1.82) is 0 Å². The van der Waals surface area contributed by atoms with Crippen LogP contribution in [0.15, 0.2) is 54.6 Å². The van der Waals surface area contributed by atoms with E-state index in [-0.39, 0.29) is 12.0 Å². The van der Waals surface area contributed by atoms with E-state index in [1.165, 1.54) is 6.08 Å². The number of nitrogens with one attached hydrogen (secondary N) is 1. The Balaban J connectivity index is 2.09. The highest BCUT2D eigenvalue weighted by Gasteiger charge is 2.07. The van der Waals surface area contributed by atoms with Crippen molar-refractivity contribution in [2.45, 2.75) is 20.0 Å². The molecule has 1 amide bonds. The average Bonchev–Trinajstić information content (AvgIpc) is 2.54. The fraction of sp³-hybridized carbons (Fsp3) is 0.211. The zero-order chi connectivity index (χ0) is 16.7. The van der Waals surface area contributed by atoms with Crippen molar-refractivity contribution in [3.63, 3.8) is 0 Å². The summed E-state index contributed by atoms with van der Waals surface area (Å²) in [5, 5.41) is 2.83. The van der Waals surface area contributed by atoms with Crippen LogP contribution in [0.4, 0.5) is 5.69 Å². The predicted octanol–water partition coefficient (Wildman–Crippen LogP) is 4.13. The van der Waals surface area contributed by atoms with Crippen molar-refractivity contribution in [3.8, 4) is 11.5 Å². The van der Waals surface area contributed by atoms with Crippen LogP contribution in [-0.2, 0) is 4.79 Å². The Hall–Kier alpha value is -2.75. The Morgan fingerprint density at radius 3 is 2.39 bits per heavy atom. The first-order valence-electron chi connectivity index (χ1n) is 7.48. The molecule has 0 bridgehead atoms. The molecule has 4 heteroatoms. The van der Waals surface area contributed by atoms with Crippen LogP contribution in [-0.4, -0.2) is 19.1 Å². The molecule has 0 saturated carbocycles. The number of benzene rings is 2. The molecule has 0 aliphatic heterocycles. The van der Waals surface area contributed by atoms with E-state index in [0.717, 1.165) is 11.3 Å². The van der Waals surface area contributed by atoms with Crippen molar-refractivity contribution >= 4 is 17.7 Å². The summed E-state index contributed by atoms with van der Waals surface area (Å²) in [6.45, 7) is 3.89. The number of hydrogen-bond acceptors (Lipinski definition) is 3. The molecule has 4 nitrogen and oxygen atoms in total. The van der Waals surface area contributed by atoms with Crippen LogP contribution < -0.4 is 14.8 Å². The molecule has 23 heavy (non-hydrogen) atoms. The second-order valence-corrected chi connectivity index (χ2v) is 5.23. The second-order valence-electron chi connectivity index (χ2n) is 5.23. The number of carbonyl (C=O) groups is 1. The molecule has 1 N–H and O–H groups in total. The molecular weight excluding hydrogens is 290 g/mol. The third kappa shape index (κ3) is 4.88. The lowest BCUT2D eigenvalue weighted by Gasteiger charge is -2.14. The third-order valence-electron chi connectivity index (χ3n) is 3.06. The van der Waals surface area contributed by atoms with Gasteiger partial charge in [0, 0.05) is 11.6 Å². The number of ether oxygens (including phenoxy) is 2.